The fraction of sp³-hybridized carbons (Fsp3) is 0.538. The van der Waals surface area contributed by atoms with Crippen LogP contribution in [0.1, 0.15) is 20.3 Å². The van der Waals surface area contributed by atoms with E-state index in [2.05, 4.69) is 4.72 Å². The number of aliphatic hydroxyl groups is 1. The second kappa shape index (κ2) is 6.36. The standard InChI is InChI=1S/C13H21NO4S/c1-13(2,8-9-15)10-14-19(16,17)12-7-5-4-6-11(12)18-3/h4-7,14-15H,8-10H2,1-3H3. The normalized spacial score (nSPS) is 12.4. The lowest BCUT2D eigenvalue weighted by atomic mass is 9.90. The summed E-state index contributed by atoms with van der Waals surface area (Å²) in [6, 6.07) is 6.47. The average Bonchev–Trinajstić information content (AvgIpc) is 2.37. The number of methoxy groups -OCH3 is 1. The highest BCUT2D eigenvalue weighted by Gasteiger charge is 2.23. The van der Waals surface area contributed by atoms with E-state index in [-0.39, 0.29) is 23.5 Å². The first-order chi connectivity index (χ1) is 8.82. The summed E-state index contributed by atoms with van der Waals surface area (Å²) in [6.07, 6.45) is 0.529. The van der Waals surface area contributed by atoms with Gasteiger partial charge in [-0.2, -0.15) is 0 Å². The van der Waals surface area contributed by atoms with Gasteiger partial charge < -0.3 is 9.84 Å². The van der Waals surface area contributed by atoms with E-state index in [4.69, 9.17) is 9.84 Å². The topological polar surface area (TPSA) is 75.6 Å². The second-order valence-corrected chi connectivity index (χ2v) is 6.85. The second-order valence-electron chi connectivity index (χ2n) is 5.11. The molecule has 0 amide bonds. The van der Waals surface area contributed by atoms with E-state index in [0.717, 1.165) is 0 Å². The molecule has 0 aliphatic heterocycles. The molecule has 0 aliphatic carbocycles. The molecule has 19 heavy (non-hydrogen) atoms. The third-order valence-electron chi connectivity index (χ3n) is 2.89. The van der Waals surface area contributed by atoms with Gasteiger partial charge in [-0.3, -0.25) is 0 Å². The predicted molar refractivity (Wildman–Crippen MR) is 73.7 cm³/mol. The number of benzene rings is 1. The summed E-state index contributed by atoms with van der Waals surface area (Å²) >= 11 is 0. The Morgan fingerprint density at radius 1 is 1.32 bits per heavy atom. The van der Waals surface area contributed by atoms with E-state index in [1.165, 1.54) is 13.2 Å². The third-order valence-corrected chi connectivity index (χ3v) is 4.33. The summed E-state index contributed by atoms with van der Waals surface area (Å²) < 4.78 is 32.0. The number of para-hydroxylation sites is 1. The molecule has 0 aromatic heterocycles. The molecule has 1 aromatic carbocycles. The zero-order chi connectivity index (χ0) is 14.5. The molecule has 1 rings (SSSR count). The Morgan fingerprint density at radius 2 is 1.95 bits per heavy atom. The van der Waals surface area contributed by atoms with E-state index in [1.54, 1.807) is 18.2 Å². The molecule has 0 fully saturated rings. The van der Waals surface area contributed by atoms with Crippen molar-refractivity contribution in [3.05, 3.63) is 24.3 Å². The highest BCUT2D eigenvalue weighted by molar-refractivity contribution is 7.89. The number of hydrogen-bond donors (Lipinski definition) is 2. The highest BCUT2D eigenvalue weighted by Crippen LogP contribution is 2.24. The van der Waals surface area contributed by atoms with Crippen molar-refractivity contribution in [2.75, 3.05) is 20.3 Å². The zero-order valence-corrected chi connectivity index (χ0v) is 12.3. The van der Waals surface area contributed by atoms with E-state index in [1.807, 2.05) is 13.8 Å². The zero-order valence-electron chi connectivity index (χ0n) is 11.5. The molecular weight excluding hydrogens is 266 g/mol. The van der Waals surface area contributed by atoms with E-state index >= 15 is 0 Å². The van der Waals surface area contributed by atoms with Gasteiger partial charge in [-0.1, -0.05) is 26.0 Å². The molecule has 0 aliphatic rings. The molecule has 0 radical (unpaired) electrons. The van der Waals surface area contributed by atoms with Crippen molar-refractivity contribution < 1.29 is 18.3 Å². The number of ether oxygens (including phenoxy) is 1. The van der Waals surface area contributed by atoms with Gasteiger partial charge in [0.15, 0.2) is 0 Å². The van der Waals surface area contributed by atoms with Crippen molar-refractivity contribution in [2.24, 2.45) is 5.41 Å². The molecule has 0 bridgehead atoms. The molecule has 0 atom stereocenters. The van der Waals surface area contributed by atoms with Crippen LogP contribution >= 0.6 is 0 Å². The largest absolute Gasteiger partial charge is 0.495 e. The Balaban J connectivity index is 2.87. The summed E-state index contributed by atoms with van der Waals surface area (Å²) in [5, 5.41) is 8.93. The van der Waals surface area contributed by atoms with Crippen molar-refractivity contribution in [3.8, 4) is 5.75 Å². The van der Waals surface area contributed by atoms with Crippen LogP contribution in [0.4, 0.5) is 0 Å². The fourth-order valence-corrected chi connectivity index (χ4v) is 3.01. The fourth-order valence-electron chi connectivity index (χ4n) is 1.60. The summed E-state index contributed by atoms with van der Waals surface area (Å²) in [4.78, 5) is 0.122. The maximum absolute atomic E-state index is 12.2. The van der Waals surface area contributed by atoms with Gasteiger partial charge in [-0.05, 0) is 24.0 Å². The molecule has 0 saturated carbocycles. The first-order valence-electron chi connectivity index (χ1n) is 6.06. The van der Waals surface area contributed by atoms with E-state index in [9.17, 15) is 8.42 Å². The Kier molecular flexibility index (Phi) is 5.34. The Labute approximate surface area is 114 Å². The lowest BCUT2D eigenvalue weighted by molar-refractivity contribution is 0.213. The molecule has 0 saturated heterocycles. The number of rotatable bonds is 7. The summed E-state index contributed by atoms with van der Waals surface area (Å²) in [7, 11) is -2.18. The van der Waals surface area contributed by atoms with Gasteiger partial charge in [-0.15, -0.1) is 0 Å². The van der Waals surface area contributed by atoms with Crippen LogP contribution in [-0.2, 0) is 10.0 Å². The first kappa shape index (κ1) is 15.9. The van der Waals surface area contributed by atoms with Crippen LogP contribution in [0.3, 0.4) is 0 Å². The van der Waals surface area contributed by atoms with Crippen LogP contribution in [0.15, 0.2) is 29.2 Å². The third kappa shape index (κ3) is 4.49. The minimum Gasteiger partial charge on any atom is -0.495 e. The molecule has 1 aromatic rings. The molecule has 2 N–H and O–H groups in total. The Morgan fingerprint density at radius 3 is 2.53 bits per heavy atom. The number of aliphatic hydroxyl groups excluding tert-OH is 1. The van der Waals surface area contributed by atoms with Crippen molar-refractivity contribution in [2.45, 2.75) is 25.2 Å². The Bertz CT molecular complexity index is 511. The van der Waals surface area contributed by atoms with Crippen molar-refractivity contribution >= 4 is 10.0 Å². The van der Waals surface area contributed by atoms with Gasteiger partial charge in [0.2, 0.25) is 10.0 Å². The van der Waals surface area contributed by atoms with Gasteiger partial charge in [0.1, 0.15) is 10.6 Å². The van der Waals surface area contributed by atoms with E-state index < -0.39 is 10.0 Å². The average molecular weight is 287 g/mol. The number of sulfonamides is 1. The molecule has 5 nitrogen and oxygen atoms in total. The smallest absolute Gasteiger partial charge is 0.244 e. The SMILES string of the molecule is COc1ccccc1S(=O)(=O)NCC(C)(C)CCO. The highest BCUT2D eigenvalue weighted by atomic mass is 32.2. The van der Waals surface area contributed by atoms with E-state index in [0.29, 0.717) is 12.2 Å². The van der Waals surface area contributed by atoms with Gasteiger partial charge in [-0.25, -0.2) is 13.1 Å². The quantitative estimate of drug-likeness (QED) is 0.794. The van der Waals surface area contributed by atoms with Crippen molar-refractivity contribution in [1.82, 2.24) is 4.72 Å². The predicted octanol–water partition coefficient (Wildman–Crippen LogP) is 1.38. The van der Waals surface area contributed by atoms with Crippen LogP contribution in [0.2, 0.25) is 0 Å². The summed E-state index contributed by atoms with van der Waals surface area (Å²) in [5.74, 6) is 0.315. The molecule has 0 spiro atoms. The lowest BCUT2D eigenvalue weighted by Gasteiger charge is -2.24. The lowest BCUT2D eigenvalue weighted by Crippen LogP contribution is -2.34. The maximum atomic E-state index is 12.2. The van der Waals surface area contributed by atoms with Gasteiger partial charge in [0.25, 0.3) is 0 Å². The van der Waals surface area contributed by atoms with Gasteiger partial charge in [0.05, 0.1) is 7.11 Å². The van der Waals surface area contributed by atoms with Crippen molar-refractivity contribution in [3.63, 3.8) is 0 Å². The first-order valence-corrected chi connectivity index (χ1v) is 7.54. The monoisotopic (exact) mass is 287 g/mol. The van der Waals surface area contributed by atoms with Crippen LogP contribution in [-0.4, -0.2) is 33.8 Å². The number of hydrogen-bond acceptors (Lipinski definition) is 4. The molecular formula is C13H21NO4S. The van der Waals surface area contributed by atoms with Crippen LogP contribution in [0.25, 0.3) is 0 Å². The van der Waals surface area contributed by atoms with Gasteiger partial charge in [0, 0.05) is 13.2 Å². The molecule has 0 heterocycles. The number of nitrogens with one attached hydrogen (secondary N) is 1. The minimum atomic E-state index is -3.61. The van der Waals surface area contributed by atoms with Gasteiger partial charge >= 0.3 is 0 Å². The molecule has 0 unspecified atom stereocenters. The maximum Gasteiger partial charge on any atom is 0.244 e. The molecule has 108 valence electrons. The summed E-state index contributed by atoms with van der Waals surface area (Å²) in [6.45, 7) is 4.08. The Hall–Kier alpha value is -1.11. The van der Waals surface area contributed by atoms with Crippen molar-refractivity contribution in [1.29, 1.82) is 0 Å². The summed E-state index contributed by atoms with van der Waals surface area (Å²) in [5.41, 5.74) is -0.302. The molecule has 6 heteroatoms. The van der Waals surface area contributed by atoms with Crippen LogP contribution in [0, 0.1) is 5.41 Å². The van der Waals surface area contributed by atoms with Crippen LogP contribution < -0.4 is 9.46 Å². The van der Waals surface area contributed by atoms with Crippen LogP contribution in [0.5, 0.6) is 5.75 Å². The minimum absolute atomic E-state index is 0.0311.